The highest BCUT2D eigenvalue weighted by Crippen LogP contribution is 2.69. The molecule has 296 valence electrons. The van der Waals surface area contributed by atoms with Crippen molar-refractivity contribution < 1.29 is 4.42 Å². The van der Waals surface area contributed by atoms with Crippen LogP contribution in [0.1, 0.15) is 54.9 Å². The quantitative estimate of drug-likeness (QED) is 0.156. The zero-order valence-corrected chi connectivity index (χ0v) is 36.3. The number of furan rings is 1. The summed E-state index contributed by atoms with van der Waals surface area (Å²) in [6.07, 6.45) is 17.3. The molecule has 7 aromatic carbocycles. The van der Waals surface area contributed by atoms with Crippen LogP contribution in [-0.2, 0) is 6.42 Å². The van der Waals surface area contributed by atoms with Crippen LogP contribution in [0.4, 0.5) is 28.4 Å². The van der Waals surface area contributed by atoms with Gasteiger partial charge in [0.1, 0.15) is 5.58 Å². The summed E-state index contributed by atoms with van der Waals surface area (Å²) in [5.74, 6) is 0. The van der Waals surface area contributed by atoms with Crippen molar-refractivity contribution in [2.45, 2.75) is 62.7 Å². The summed E-state index contributed by atoms with van der Waals surface area (Å²) in [6, 6.07) is 51.3. The molecular weight excluding hydrogens is 760 g/mol. The van der Waals surface area contributed by atoms with Crippen molar-refractivity contribution in [2.75, 3.05) is 22.2 Å². The van der Waals surface area contributed by atoms with E-state index in [-0.39, 0.29) is 6.85 Å². The van der Waals surface area contributed by atoms with Crippen molar-refractivity contribution in [3.8, 4) is 22.3 Å². The lowest BCUT2D eigenvalue weighted by molar-refractivity contribution is 0.669. The number of aryl methyl sites for hydroxylation is 3. The smallest absolute Gasteiger partial charge is 0.334 e. The van der Waals surface area contributed by atoms with Crippen LogP contribution in [-0.4, -0.2) is 19.4 Å². The molecule has 0 radical (unpaired) electrons. The Labute approximate surface area is 361 Å². The lowest BCUT2D eigenvalue weighted by Gasteiger charge is -2.52. The molecule has 8 aromatic rings. The van der Waals surface area contributed by atoms with E-state index in [9.17, 15) is 0 Å². The molecule has 5 heteroatoms. The maximum Gasteiger partial charge on any atom is 0.334 e. The second kappa shape index (κ2) is 13.6. The Balaban J connectivity index is 1.27. The molecule has 1 aromatic heterocycles. The second-order valence-corrected chi connectivity index (χ2v) is 21.2. The summed E-state index contributed by atoms with van der Waals surface area (Å²) in [6.45, 7) is 6.65. The van der Waals surface area contributed by atoms with Gasteiger partial charge in [-0.3, -0.25) is 0 Å². The van der Waals surface area contributed by atoms with Crippen LogP contribution in [0.2, 0.25) is 0 Å². The van der Waals surface area contributed by atoms with Gasteiger partial charge in [0, 0.05) is 48.8 Å². The average molecular weight is 807 g/mol. The molecule has 12 rings (SSSR count). The van der Waals surface area contributed by atoms with Gasteiger partial charge in [0.05, 0.1) is 11.4 Å². The van der Waals surface area contributed by atoms with E-state index in [4.69, 9.17) is 4.42 Å². The third-order valence-corrected chi connectivity index (χ3v) is 16.7. The van der Waals surface area contributed by atoms with Gasteiger partial charge in [0.25, 0.3) is 0 Å². The summed E-state index contributed by atoms with van der Waals surface area (Å²) < 4.78 is 6.71. The number of benzene rings is 6. The molecular formula is C56H47BN2OS. The van der Waals surface area contributed by atoms with Crippen molar-refractivity contribution in [1.29, 1.82) is 0 Å². The molecule has 3 aliphatic heterocycles. The monoisotopic (exact) mass is 806 g/mol. The Morgan fingerprint density at radius 2 is 1.54 bits per heavy atom. The molecule has 0 saturated heterocycles. The summed E-state index contributed by atoms with van der Waals surface area (Å²) in [5.41, 5.74) is 22.0. The summed E-state index contributed by atoms with van der Waals surface area (Å²) in [5, 5.41) is 2.23. The Bertz CT molecular complexity index is 3200. The first kappa shape index (κ1) is 36.5. The van der Waals surface area contributed by atoms with Crippen LogP contribution < -0.4 is 20.6 Å². The minimum Gasteiger partial charge on any atom is -0.447 e. The van der Waals surface area contributed by atoms with E-state index in [1.807, 2.05) is 0 Å². The third kappa shape index (κ3) is 5.22. The molecule has 0 saturated carbocycles. The van der Waals surface area contributed by atoms with Crippen LogP contribution in [0.15, 0.2) is 148 Å². The number of fused-ring (bicyclic) bond motifs is 10. The van der Waals surface area contributed by atoms with E-state index in [1.165, 1.54) is 106 Å². The second-order valence-electron chi connectivity index (χ2n) is 17.7. The van der Waals surface area contributed by atoms with Crippen LogP contribution >= 0.6 is 10.0 Å². The number of nitrogens with zero attached hydrogens (tertiary/aromatic N) is 2. The summed E-state index contributed by atoms with van der Waals surface area (Å²) in [4.78, 5) is 8.12. The zero-order chi connectivity index (χ0) is 41.1. The third-order valence-electron chi connectivity index (χ3n) is 13.8. The molecule has 0 bridgehead atoms. The fourth-order valence-corrected chi connectivity index (χ4v) is 13.5. The number of para-hydroxylation sites is 3. The van der Waals surface area contributed by atoms with Crippen molar-refractivity contribution in [3.63, 3.8) is 0 Å². The maximum absolute atomic E-state index is 6.71. The topological polar surface area (TPSA) is 19.6 Å². The minimum absolute atomic E-state index is 0.160. The van der Waals surface area contributed by atoms with E-state index in [0.29, 0.717) is 0 Å². The number of hydrogen-bond acceptors (Lipinski definition) is 3. The predicted molar refractivity (Wildman–Crippen MR) is 261 cm³/mol. The molecule has 0 atom stereocenters. The zero-order valence-electron chi connectivity index (χ0n) is 35.5. The van der Waals surface area contributed by atoms with Gasteiger partial charge in [-0.25, -0.2) is 0 Å². The molecule has 0 N–H and O–H groups in total. The highest BCUT2D eigenvalue weighted by atomic mass is 32.3. The van der Waals surface area contributed by atoms with Crippen LogP contribution in [0.3, 0.4) is 0 Å². The SMILES string of the molecule is CCCCc1ccc(N2c3c#cc4oc5ccccc5c4c3B3c4c(cc(-c5c(C)cccc5C)cc42)-c2cccc4c2N3c2ccccc2S4(C)C)c(C2=CC=CCC2)c1. The molecule has 0 amide bonds. The molecule has 61 heavy (non-hydrogen) atoms. The number of anilines is 5. The largest absolute Gasteiger partial charge is 0.447 e. The fraction of sp³-hybridized carbons (Fsp3) is 0.179. The van der Waals surface area contributed by atoms with Gasteiger partial charge in [-0.1, -0.05) is 98.3 Å². The van der Waals surface area contributed by atoms with Gasteiger partial charge in [-0.15, -0.1) is 0 Å². The van der Waals surface area contributed by atoms with E-state index in [1.54, 1.807) is 0 Å². The number of rotatable bonds is 6. The van der Waals surface area contributed by atoms with E-state index in [2.05, 4.69) is 189 Å². The van der Waals surface area contributed by atoms with Gasteiger partial charge in [0.2, 0.25) is 0 Å². The van der Waals surface area contributed by atoms with Gasteiger partial charge in [0.15, 0.2) is 5.58 Å². The molecule has 3 nitrogen and oxygen atoms in total. The van der Waals surface area contributed by atoms with Gasteiger partial charge >= 0.3 is 6.85 Å². The normalized spacial score (nSPS) is 15.8. The summed E-state index contributed by atoms with van der Waals surface area (Å²) >= 11 is 0. The Morgan fingerprint density at radius 1 is 0.738 bits per heavy atom. The Kier molecular flexibility index (Phi) is 8.13. The first-order chi connectivity index (χ1) is 29.8. The standard InChI is InChI=1S/C56H47BN2OS/c1-6-7-19-37-28-29-44(42(32-37)38-20-9-8-10-21-38)58-46-30-31-49-53(41-22-11-13-25-48(41)60-49)55(46)57-54-43(33-39(34-47(54)58)52-35(2)17-15-18-36(52)3)40-23-16-27-51-56(40)59(57)45-24-12-14-26-50(45)61(51,4)5/h8-9,11-18,20,22-29,32-34H,6-7,10,19,21H2,1-5H3. The highest BCUT2D eigenvalue weighted by molar-refractivity contribution is 8.33. The molecule has 4 aliphatic rings. The minimum atomic E-state index is -1.36. The molecule has 0 spiro atoms. The average Bonchev–Trinajstić information content (AvgIpc) is 3.67. The first-order valence-corrected chi connectivity index (χ1v) is 24.3. The van der Waals surface area contributed by atoms with Crippen molar-refractivity contribution in [1.82, 2.24) is 0 Å². The molecule has 0 fully saturated rings. The van der Waals surface area contributed by atoms with Gasteiger partial charge < -0.3 is 14.1 Å². The van der Waals surface area contributed by atoms with E-state index >= 15 is 0 Å². The lowest BCUT2D eigenvalue weighted by atomic mass is 9.42. The highest BCUT2D eigenvalue weighted by Gasteiger charge is 2.50. The van der Waals surface area contributed by atoms with E-state index in [0.717, 1.165) is 46.9 Å². The van der Waals surface area contributed by atoms with Crippen molar-refractivity contribution in [2.24, 2.45) is 0 Å². The number of allylic oxidation sites excluding steroid dienone is 4. The lowest BCUT2D eigenvalue weighted by Crippen LogP contribution is -2.62. The molecule has 0 unspecified atom stereocenters. The fourth-order valence-electron chi connectivity index (χ4n) is 11.1. The van der Waals surface area contributed by atoms with Crippen molar-refractivity contribution >= 4 is 83.7 Å². The maximum atomic E-state index is 6.71. The molecule has 4 heterocycles. The predicted octanol–water partition coefficient (Wildman–Crippen LogP) is 14.0. The van der Waals surface area contributed by atoms with Gasteiger partial charge in [-0.05, 0) is 163 Å². The Morgan fingerprint density at radius 3 is 2.38 bits per heavy atom. The van der Waals surface area contributed by atoms with Gasteiger partial charge in [-0.2, -0.15) is 10.0 Å². The number of hydrogen-bond donors (Lipinski definition) is 0. The van der Waals surface area contributed by atoms with Crippen LogP contribution in [0.5, 0.6) is 0 Å². The molecule has 1 aliphatic carbocycles. The van der Waals surface area contributed by atoms with Crippen LogP contribution in [0, 0.1) is 26.0 Å². The number of unbranched alkanes of at least 4 members (excludes halogenated alkanes) is 1. The Hall–Kier alpha value is -6.35. The summed E-state index contributed by atoms with van der Waals surface area (Å²) in [7, 11) is -1.36. The first-order valence-electron chi connectivity index (χ1n) is 21.9. The van der Waals surface area contributed by atoms with Crippen LogP contribution in [0.25, 0.3) is 49.8 Å². The van der Waals surface area contributed by atoms with E-state index < -0.39 is 10.0 Å². The van der Waals surface area contributed by atoms with Crippen molar-refractivity contribution in [3.05, 3.63) is 168 Å².